The molecule has 0 aliphatic carbocycles. The summed E-state index contributed by atoms with van der Waals surface area (Å²) in [6.45, 7) is 16.4. The number of hydrogen-bond donors (Lipinski definition) is 3. The minimum absolute atomic E-state index is 0.0946. The molecule has 1 atom stereocenters. The molecule has 1 unspecified atom stereocenters. The number of imide groups is 1. The highest BCUT2D eigenvalue weighted by atomic mass is 79.9. The van der Waals surface area contributed by atoms with Gasteiger partial charge in [-0.3, -0.25) is 34.5 Å². The third kappa shape index (κ3) is 9.42. The molecule has 67 heavy (non-hydrogen) atoms. The highest BCUT2D eigenvalue weighted by molar-refractivity contribution is 9.10. The number of fused-ring (bicyclic) bond motifs is 2. The van der Waals surface area contributed by atoms with E-state index in [0.717, 1.165) is 110 Å². The van der Waals surface area contributed by atoms with Gasteiger partial charge in [-0.05, 0) is 110 Å². The average molecular weight is 992 g/mol. The molecule has 6 heterocycles. The first-order valence-corrected chi connectivity index (χ1v) is 26.7. The second-order valence-electron chi connectivity index (χ2n) is 19.0. The van der Waals surface area contributed by atoms with Crippen LogP contribution in [0, 0.1) is 0 Å². The summed E-state index contributed by atoms with van der Waals surface area (Å²) in [5, 5.41) is 10.8. The zero-order chi connectivity index (χ0) is 47.2. The molecule has 4 aliphatic heterocycles. The number of piperidine rings is 2. The van der Waals surface area contributed by atoms with E-state index < -0.39 is 24.5 Å². The van der Waals surface area contributed by atoms with Crippen LogP contribution in [0.1, 0.15) is 63.1 Å². The first-order valence-electron chi connectivity index (χ1n) is 23.4. The van der Waals surface area contributed by atoms with Gasteiger partial charge < -0.3 is 29.7 Å². The number of carbonyl (C=O) groups is 3. The monoisotopic (exact) mass is 990 g/mol. The van der Waals surface area contributed by atoms with E-state index in [-0.39, 0.29) is 18.2 Å². The van der Waals surface area contributed by atoms with Gasteiger partial charge in [0.15, 0.2) is 0 Å². The van der Waals surface area contributed by atoms with Crippen molar-refractivity contribution in [2.75, 3.05) is 86.7 Å². The molecule has 0 saturated carbocycles. The predicted octanol–water partition coefficient (Wildman–Crippen LogP) is 7.35. The average Bonchev–Trinajstić information content (AvgIpc) is 3.51. The van der Waals surface area contributed by atoms with Crippen molar-refractivity contribution in [3.8, 4) is 5.75 Å². The van der Waals surface area contributed by atoms with E-state index in [1.54, 1.807) is 37.7 Å². The van der Waals surface area contributed by atoms with Crippen molar-refractivity contribution >= 4 is 91.5 Å². The van der Waals surface area contributed by atoms with E-state index in [1.165, 1.54) is 11.3 Å². The third-order valence-electron chi connectivity index (χ3n) is 14.0. The summed E-state index contributed by atoms with van der Waals surface area (Å²) in [6.07, 6.45) is 7.83. The van der Waals surface area contributed by atoms with Gasteiger partial charge in [0.1, 0.15) is 24.8 Å². The lowest BCUT2D eigenvalue weighted by Gasteiger charge is -2.43. The second kappa shape index (κ2) is 18.9. The summed E-state index contributed by atoms with van der Waals surface area (Å²) in [7, 11) is -1.03. The number of hydrogen-bond acceptors (Lipinski definition) is 13. The first-order chi connectivity index (χ1) is 32.1. The SMILES string of the molecule is CCc1cc(Nc2ncc(Br)c(Nc3cnc4ccccc4c3P(C)(C)=O)n2)c(OC)cc1N1CCC(N2CCN(CCc3ccc4c(c3)N(C3CCC(=O)NC3=O)C(=O)C4(C)C)CC2)CC1. The van der Waals surface area contributed by atoms with E-state index >= 15 is 0 Å². The molecular weight excluding hydrogens is 931 g/mol. The van der Waals surface area contributed by atoms with E-state index in [0.29, 0.717) is 40.1 Å². The number of carbonyl (C=O) groups excluding carboxylic acids is 3. The van der Waals surface area contributed by atoms with Crippen LogP contribution >= 0.6 is 23.1 Å². The molecule has 2 aromatic heterocycles. The number of aryl methyl sites for hydroxylation is 1. The van der Waals surface area contributed by atoms with Gasteiger partial charge >= 0.3 is 0 Å². The lowest BCUT2D eigenvalue weighted by atomic mass is 9.85. The zero-order valence-electron chi connectivity index (χ0n) is 39.2. The predicted molar refractivity (Wildman–Crippen MR) is 270 cm³/mol. The second-order valence-corrected chi connectivity index (χ2v) is 23.0. The standard InChI is InChI=1S/C50H60BrN10O5P/c1-7-32-27-38(55-49-53-29-36(51)46(57-49)54-39-30-52-37-11-9-8-10-34(37)45(39)67(5,6)65)43(66-4)28-41(32)60-20-17-33(18-21-60)59-24-22-58(23-25-59)19-16-31-12-13-35-42(26-31)61(48(64)50(35,2)3)40-14-15-44(62)56-47(40)63/h8-13,26-30,33,40H,7,14-25H2,1-6H3,(H,56,62,63)(H2,53,54,55,57). The maximum Gasteiger partial charge on any atom is 0.249 e. The summed E-state index contributed by atoms with van der Waals surface area (Å²) >= 11 is 3.61. The number of piperazine rings is 1. The van der Waals surface area contributed by atoms with Crippen molar-refractivity contribution in [3.05, 3.63) is 88.2 Å². The van der Waals surface area contributed by atoms with E-state index in [9.17, 15) is 18.9 Å². The molecule has 0 radical (unpaired) electrons. The van der Waals surface area contributed by atoms with Crippen LogP contribution in [0.2, 0.25) is 0 Å². The van der Waals surface area contributed by atoms with Crippen LogP contribution in [0.3, 0.4) is 0 Å². The molecule has 4 aliphatic rings. The molecule has 3 fully saturated rings. The number of nitrogens with zero attached hydrogens (tertiary/aromatic N) is 7. The van der Waals surface area contributed by atoms with Crippen LogP contribution in [0.25, 0.3) is 10.9 Å². The third-order valence-corrected chi connectivity index (χ3v) is 16.2. The van der Waals surface area contributed by atoms with Crippen molar-refractivity contribution in [1.82, 2.24) is 30.1 Å². The van der Waals surface area contributed by atoms with Gasteiger partial charge in [-0.25, -0.2) is 4.98 Å². The van der Waals surface area contributed by atoms with E-state index in [1.807, 2.05) is 38.1 Å². The number of rotatable bonds is 13. The normalized spacial score (nSPS) is 19.4. The van der Waals surface area contributed by atoms with Crippen LogP contribution < -0.4 is 35.8 Å². The van der Waals surface area contributed by atoms with Crippen LogP contribution in [0.4, 0.5) is 34.5 Å². The number of ether oxygens (including phenoxy) is 1. The quantitative estimate of drug-likeness (QED) is 0.0793. The number of halogens is 1. The van der Waals surface area contributed by atoms with Crippen LogP contribution in [0.15, 0.2) is 71.5 Å². The summed E-state index contributed by atoms with van der Waals surface area (Å²) < 4.78 is 20.2. The summed E-state index contributed by atoms with van der Waals surface area (Å²) in [5.74, 6) is 0.826. The number of aromatic nitrogens is 3. The number of para-hydroxylation sites is 1. The Morgan fingerprint density at radius 3 is 2.37 bits per heavy atom. The Bertz CT molecular complexity index is 2780. The highest BCUT2D eigenvalue weighted by Gasteiger charge is 2.49. The lowest BCUT2D eigenvalue weighted by molar-refractivity contribution is -0.136. The molecule has 15 nitrogen and oxygen atoms in total. The van der Waals surface area contributed by atoms with Gasteiger partial charge in [0.25, 0.3) is 0 Å². The van der Waals surface area contributed by atoms with Crippen LogP contribution in [-0.2, 0) is 37.2 Å². The molecule has 17 heteroatoms. The number of methoxy groups -OCH3 is 1. The Hall–Kier alpha value is -5.41. The van der Waals surface area contributed by atoms with Crippen molar-refractivity contribution in [2.45, 2.75) is 76.8 Å². The summed E-state index contributed by atoms with van der Waals surface area (Å²) in [4.78, 5) is 61.7. The van der Waals surface area contributed by atoms with E-state index in [2.05, 4.69) is 93.8 Å². The van der Waals surface area contributed by atoms with Crippen LogP contribution in [0.5, 0.6) is 5.75 Å². The number of amides is 3. The number of pyridine rings is 1. The van der Waals surface area contributed by atoms with Gasteiger partial charge in [-0.2, -0.15) is 4.98 Å². The Kier molecular flexibility index (Phi) is 13.2. The molecule has 9 rings (SSSR count). The minimum atomic E-state index is -2.72. The fraction of sp³-hybridized carbons (Fsp3) is 0.440. The minimum Gasteiger partial charge on any atom is -0.494 e. The van der Waals surface area contributed by atoms with Gasteiger partial charge in [-0.15, -0.1) is 0 Å². The molecule has 0 spiro atoms. The molecule has 3 amide bonds. The number of benzene rings is 3. The Labute approximate surface area is 400 Å². The largest absolute Gasteiger partial charge is 0.494 e. The fourth-order valence-corrected chi connectivity index (χ4v) is 12.1. The molecule has 352 valence electrons. The molecule has 5 aromatic rings. The maximum absolute atomic E-state index is 13.6. The molecular formula is C50H60BrN10O5P. The topological polar surface area (TPSA) is 165 Å². The fourth-order valence-electron chi connectivity index (χ4n) is 10.4. The maximum atomic E-state index is 13.6. The number of anilines is 6. The highest BCUT2D eigenvalue weighted by Crippen LogP contribution is 2.45. The van der Waals surface area contributed by atoms with Crippen molar-refractivity contribution < 1.29 is 23.7 Å². The van der Waals surface area contributed by atoms with Crippen molar-refractivity contribution in [1.29, 1.82) is 0 Å². The molecule has 3 saturated heterocycles. The van der Waals surface area contributed by atoms with Gasteiger partial charge in [0.2, 0.25) is 23.7 Å². The lowest BCUT2D eigenvalue weighted by Crippen LogP contribution is -2.55. The van der Waals surface area contributed by atoms with E-state index in [4.69, 9.17) is 9.72 Å². The van der Waals surface area contributed by atoms with Crippen LogP contribution in [-0.4, -0.2) is 121 Å². The van der Waals surface area contributed by atoms with Gasteiger partial charge in [0, 0.05) is 92.6 Å². The Morgan fingerprint density at radius 2 is 1.66 bits per heavy atom. The van der Waals surface area contributed by atoms with Crippen molar-refractivity contribution in [3.63, 3.8) is 0 Å². The zero-order valence-corrected chi connectivity index (χ0v) is 41.7. The number of nitrogens with one attached hydrogen (secondary N) is 3. The van der Waals surface area contributed by atoms with Gasteiger partial charge in [-0.1, -0.05) is 37.3 Å². The Morgan fingerprint density at radius 1 is 0.896 bits per heavy atom. The molecule has 3 aromatic carbocycles. The summed E-state index contributed by atoms with van der Waals surface area (Å²) in [6, 6.07) is 18.1. The first kappa shape index (κ1) is 46.7. The smallest absolute Gasteiger partial charge is 0.249 e. The van der Waals surface area contributed by atoms with Crippen molar-refractivity contribution in [2.24, 2.45) is 0 Å². The summed E-state index contributed by atoms with van der Waals surface area (Å²) in [5.41, 5.74) is 6.72. The molecule has 0 bridgehead atoms. The molecule has 3 N–H and O–H groups in total. The van der Waals surface area contributed by atoms with Gasteiger partial charge in [0.05, 0.1) is 40.1 Å². The Balaban J connectivity index is 0.805.